The standard InChI is InChI=1S/C9H8N4/c1-2-12-9(13-3-1)4-8-5-10-7-11-6-8/h1-3,5-7H,4H2. The average Bonchev–Trinajstić information content (AvgIpc) is 2.21. The highest BCUT2D eigenvalue weighted by Crippen LogP contribution is 1.99. The fraction of sp³-hybridized carbons (Fsp3) is 0.111. The van der Waals surface area contributed by atoms with Gasteiger partial charge in [-0.25, -0.2) is 19.9 Å². The summed E-state index contributed by atoms with van der Waals surface area (Å²) in [7, 11) is 0. The Morgan fingerprint density at radius 1 is 1.00 bits per heavy atom. The summed E-state index contributed by atoms with van der Waals surface area (Å²) < 4.78 is 0. The van der Waals surface area contributed by atoms with Gasteiger partial charge in [-0.2, -0.15) is 0 Å². The lowest BCUT2D eigenvalue weighted by molar-refractivity contribution is 0.948. The van der Waals surface area contributed by atoms with Gasteiger partial charge in [0.15, 0.2) is 0 Å². The van der Waals surface area contributed by atoms with Crippen LogP contribution in [-0.2, 0) is 6.42 Å². The molecule has 0 saturated heterocycles. The Balaban J connectivity index is 2.16. The number of nitrogens with zero attached hydrogens (tertiary/aromatic N) is 4. The first-order chi connectivity index (χ1) is 6.45. The molecule has 0 aliphatic carbocycles. The highest BCUT2D eigenvalue weighted by Gasteiger charge is 1.96. The van der Waals surface area contributed by atoms with Crippen molar-refractivity contribution < 1.29 is 0 Å². The molecule has 0 N–H and O–H groups in total. The number of rotatable bonds is 2. The van der Waals surface area contributed by atoms with Crippen LogP contribution in [0.15, 0.2) is 37.2 Å². The number of hydrogen-bond donors (Lipinski definition) is 0. The minimum atomic E-state index is 0.682. The molecule has 4 heteroatoms. The molecule has 4 nitrogen and oxygen atoms in total. The lowest BCUT2D eigenvalue weighted by Crippen LogP contribution is -1.95. The second-order valence-corrected chi connectivity index (χ2v) is 2.59. The van der Waals surface area contributed by atoms with Crippen molar-refractivity contribution in [2.24, 2.45) is 0 Å². The molecule has 0 saturated carbocycles. The van der Waals surface area contributed by atoms with Crippen molar-refractivity contribution in [3.05, 3.63) is 48.6 Å². The zero-order chi connectivity index (χ0) is 8.93. The van der Waals surface area contributed by atoms with Crippen LogP contribution in [0.4, 0.5) is 0 Å². The molecule has 2 rings (SSSR count). The molecular formula is C9H8N4. The van der Waals surface area contributed by atoms with Crippen molar-refractivity contribution in [3.8, 4) is 0 Å². The maximum atomic E-state index is 4.11. The summed E-state index contributed by atoms with van der Waals surface area (Å²) >= 11 is 0. The monoisotopic (exact) mass is 172 g/mol. The van der Waals surface area contributed by atoms with E-state index in [-0.39, 0.29) is 0 Å². The maximum absolute atomic E-state index is 4.11. The van der Waals surface area contributed by atoms with E-state index in [0.717, 1.165) is 11.4 Å². The second-order valence-electron chi connectivity index (χ2n) is 2.59. The van der Waals surface area contributed by atoms with Gasteiger partial charge in [0, 0.05) is 31.2 Å². The molecule has 0 fully saturated rings. The zero-order valence-corrected chi connectivity index (χ0v) is 6.96. The van der Waals surface area contributed by atoms with Crippen LogP contribution >= 0.6 is 0 Å². The fourth-order valence-corrected chi connectivity index (χ4v) is 1.03. The van der Waals surface area contributed by atoms with Crippen molar-refractivity contribution in [1.82, 2.24) is 19.9 Å². The average molecular weight is 172 g/mol. The van der Waals surface area contributed by atoms with Crippen molar-refractivity contribution in [1.29, 1.82) is 0 Å². The third-order valence-electron chi connectivity index (χ3n) is 1.60. The van der Waals surface area contributed by atoms with E-state index in [9.17, 15) is 0 Å². The van der Waals surface area contributed by atoms with Crippen molar-refractivity contribution in [2.45, 2.75) is 6.42 Å². The third-order valence-corrected chi connectivity index (χ3v) is 1.60. The quantitative estimate of drug-likeness (QED) is 0.674. The Kier molecular flexibility index (Phi) is 2.22. The molecule has 0 radical (unpaired) electrons. The van der Waals surface area contributed by atoms with Crippen LogP contribution in [0.5, 0.6) is 0 Å². The molecule has 0 unspecified atom stereocenters. The van der Waals surface area contributed by atoms with Gasteiger partial charge in [-0.3, -0.25) is 0 Å². The Morgan fingerprint density at radius 3 is 2.38 bits per heavy atom. The molecule has 2 aromatic heterocycles. The van der Waals surface area contributed by atoms with Crippen LogP contribution in [0.2, 0.25) is 0 Å². The first-order valence-electron chi connectivity index (χ1n) is 3.95. The molecular weight excluding hydrogens is 164 g/mol. The molecule has 0 atom stereocenters. The predicted octanol–water partition coefficient (Wildman–Crippen LogP) is 0.857. The highest BCUT2D eigenvalue weighted by atomic mass is 14.9. The van der Waals surface area contributed by atoms with Crippen LogP contribution in [0.3, 0.4) is 0 Å². The van der Waals surface area contributed by atoms with E-state index in [0.29, 0.717) is 6.42 Å². The van der Waals surface area contributed by atoms with E-state index in [4.69, 9.17) is 0 Å². The normalized spacial score (nSPS) is 9.85. The summed E-state index contributed by atoms with van der Waals surface area (Å²) in [5.41, 5.74) is 1.02. The molecule has 0 bridgehead atoms. The lowest BCUT2D eigenvalue weighted by atomic mass is 10.2. The molecule has 2 aromatic rings. The van der Waals surface area contributed by atoms with Gasteiger partial charge >= 0.3 is 0 Å². The summed E-state index contributed by atoms with van der Waals surface area (Å²) in [6.07, 6.45) is 9.18. The zero-order valence-electron chi connectivity index (χ0n) is 6.96. The van der Waals surface area contributed by atoms with Crippen molar-refractivity contribution >= 4 is 0 Å². The summed E-state index contributed by atoms with van der Waals surface area (Å²) in [5.74, 6) is 0.789. The van der Waals surface area contributed by atoms with Crippen LogP contribution < -0.4 is 0 Å². The molecule has 0 aliphatic heterocycles. The van der Waals surface area contributed by atoms with Crippen LogP contribution in [0.25, 0.3) is 0 Å². The second kappa shape index (κ2) is 3.71. The van der Waals surface area contributed by atoms with Crippen LogP contribution in [0, 0.1) is 0 Å². The van der Waals surface area contributed by atoms with Crippen molar-refractivity contribution in [3.63, 3.8) is 0 Å². The predicted molar refractivity (Wildman–Crippen MR) is 46.9 cm³/mol. The van der Waals surface area contributed by atoms with E-state index in [1.807, 2.05) is 0 Å². The SMILES string of the molecule is c1cnc(Cc2cncnc2)nc1. The van der Waals surface area contributed by atoms with Gasteiger partial charge in [-0.05, 0) is 11.6 Å². The Morgan fingerprint density at radius 2 is 1.69 bits per heavy atom. The topological polar surface area (TPSA) is 51.6 Å². The summed E-state index contributed by atoms with van der Waals surface area (Å²) in [6, 6.07) is 1.80. The van der Waals surface area contributed by atoms with E-state index in [2.05, 4.69) is 19.9 Å². The maximum Gasteiger partial charge on any atom is 0.132 e. The molecule has 64 valence electrons. The Hall–Kier alpha value is -1.84. The van der Waals surface area contributed by atoms with Crippen LogP contribution in [-0.4, -0.2) is 19.9 Å². The Bertz CT molecular complexity index is 322. The van der Waals surface area contributed by atoms with Gasteiger partial charge in [-0.1, -0.05) is 0 Å². The largest absolute Gasteiger partial charge is 0.245 e. The van der Waals surface area contributed by atoms with Crippen molar-refractivity contribution in [2.75, 3.05) is 0 Å². The van der Waals surface area contributed by atoms with Gasteiger partial charge in [0.2, 0.25) is 0 Å². The molecule has 13 heavy (non-hydrogen) atoms. The molecule has 2 heterocycles. The number of hydrogen-bond acceptors (Lipinski definition) is 4. The highest BCUT2D eigenvalue weighted by molar-refractivity contribution is 5.09. The van der Waals surface area contributed by atoms with Gasteiger partial charge < -0.3 is 0 Å². The summed E-state index contributed by atoms with van der Waals surface area (Å²) in [6.45, 7) is 0. The molecule has 0 aliphatic rings. The van der Waals surface area contributed by atoms with E-state index < -0.39 is 0 Å². The van der Waals surface area contributed by atoms with Gasteiger partial charge in [0.25, 0.3) is 0 Å². The molecule has 0 aromatic carbocycles. The minimum absolute atomic E-state index is 0.682. The minimum Gasteiger partial charge on any atom is -0.245 e. The Labute approximate surface area is 75.7 Å². The molecule has 0 spiro atoms. The first-order valence-corrected chi connectivity index (χ1v) is 3.95. The smallest absolute Gasteiger partial charge is 0.132 e. The van der Waals surface area contributed by atoms with E-state index >= 15 is 0 Å². The van der Waals surface area contributed by atoms with Gasteiger partial charge in [-0.15, -0.1) is 0 Å². The van der Waals surface area contributed by atoms with Gasteiger partial charge in [0.05, 0.1) is 0 Å². The summed E-state index contributed by atoms with van der Waals surface area (Å²) in [4.78, 5) is 16.0. The lowest BCUT2D eigenvalue weighted by Gasteiger charge is -1.96. The molecule has 0 amide bonds. The van der Waals surface area contributed by atoms with Gasteiger partial charge in [0.1, 0.15) is 12.2 Å². The number of aromatic nitrogens is 4. The van der Waals surface area contributed by atoms with Crippen LogP contribution in [0.1, 0.15) is 11.4 Å². The third kappa shape index (κ3) is 2.05. The fourth-order valence-electron chi connectivity index (χ4n) is 1.03. The first kappa shape index (κ1) is 7.79. The summed E-state index contributed by atoms with van der Waals surface area (Å²) in [5, 5.41) is 0. The van der Waals surface area contributed by atoms with E-state index in [1.54, 1.807) is 30.9 Å². The van der Waals surface area contributed by atoms with E-state index in [1.165, 1.54) is 6.33 Å².